The van der Waals surface area contributed by atoms with Crippen LogP contribution < -0.4 is 10.0 Å². The molecule has 0 aliphatic rings. The molecule has 1 heterocycles. The number of aromatic nitrogens is 1. The minimum atomic E-state index is -3.47. The van der Waals surface area contributed by atoms with Gasteiger partial charge in [0.25, 0.3) is 0 Å². The van der Waals surface area contributed by atoms with Crippen LogP contribution in [-0.2, 0) is 14.8 Å². The summed E-state index contributed by atoms with van der Waals surface area (Å²) in [5.74, 6) is 0.522. The van der Waals surface area contributed by atoms with E-state index in [2.05, 4.69) is 15.0 Å². The molecule has 0 bridgehead atoms. The summed E-state index contributed by atoms with van der Waals surface area (Å²) in [7, 11) is -1.78. The summed E-state index contributed by atoms with van der Waals surface area (Å²) in [6.45, 7) is 3.67. The van der Waals surface area contributed by atoms with E-state index in [4.69, 9.17) is 4.74 Å². The predicted octanol–water partition coefficient (Wildman–Crippen LogP) is 1.22. The molecule has 0 saturated carbocycles. The Morgan fingerprint density at radius 3 is 2.84 bits per heavy atom. The van der Waals surface area contributed by atoms with Gasteiger partial charge in [0.2, 0.25) is 10.0 Å². The van der Waals surface area contributed by atoms with Gasteiger partial charge in [0.1, 0.15) is 5.82 Å². The average Bonchev–Trinajstić information content (AvgIpc) is 2.43. The SMILES string of the molecule is CCCOCCCNS(=O)(=O)c1ccnc(NC)c1. The van der Waals surface area contributed by atoms with E-state index in [9.17, 15) is 8.42 Å². The van der Waals surface area contributed by atoms with Crippen molar-refractivity contribution in [1.29, 1.82) is 0 Å². The first-order valence-electron chi connectivity index (χ1n) is 6.31. The molecular formula is C12H21N3O3S. The van der Waals surface area contributed by atoms with Crippen LogP contribution in [0.1, 0.15) is 19.8 Å². The van der Waals surface area contributed by atoms with E-state index in [-0.39, 0.29) is 4.90 Å². The van der Waals surface area contributed by atoms with Crippen LogP contribution in [-0.4, -0.2) is 40.2 Å². The summed E-state index contributed by atoms with van der Waals surface area (Å²) >= 11 is 0. The Morgan fingerprint density at radius 2 is 2.16 bits per heavy atom. The van der Waals surface area contributed by atoms with Crippen molar-refractivity contribution in [3.8, 4) is 0 Å². The van der Waals surface area contributed by atoms with Crippen LogP contribution in [0.25, 0.3) is 0 Å². The zero-order valence-corrected chi connectivity index (χ0v) is 12.2. The number of rotatable bonds is 9. The van der Waals surface area contributed by atoms with Gasteiger partial charge in [-0.15, -0.1) is 0 Å². The maximum Gasteiger partial charge on any atom is 0.240 e. The van der Waals surface area contributed by atoms with Crippen LogP contribution in [0.3, 0.4) is 0 Å². The zero-order chi connectivity index (χ0) is 14.1. The highest BCUT2D eigenvalue weighted by Gasteiger charge is 2.13. The molecule has 6 nitrogen and oxygen atoms in total. The fourth-order valence-electron chi connectivity index (χ4n) is 1.43. The minimum absolute atomic E-state index is 0.210. The molecule has 0 aliphatic heterocycles. The third-order valence-corrected chi connectivity index (χ3v) is 3.86. The van der Waals surface area contributed by atoms with Gasteiger partial charge in [-0.2, -0.15) is 0 Å². The zero-order valence-electron chi connectivity index (χ0n) is 11.3. The first-order chi connectivity index (χ1) is 9.10. The van der Waals surface area contributed by atoms with Crippen molar-refractivity contribution >= 4 is 15.8 Å². The largest absolute Gasteiger partial charge is 0.381 e. The van der Waals surface area contributed by atoms with Crippen LogP contribution in [0.15, 0.2) is 23.2 Å². The number of hydrogen-bond acceptors (Lipinski definition) is 5. The summed E-state index contributed by atoms with van der Waals surface area (Å²) in [4.78, 5) is 4.19. The fourth-order valence-corrected chi connectivity index (χ4v) is 2.51. The molecule has 0 fully saturated rings. The number of nitrogens with one attached hydrogen (secondary N) is 2. The summed E-state index contributed by atoms with van der Waals surface area (Å²) in [5.41, 5.74) is 0. The molecule has 1 aromatic rings. The highest BCUT2D eigenvalue weighted by Crippen LogP contribution is 2.11. The average molecular weight is 287 g/mol. The van der Waals surface area contributed by atoms with Crippen LogP contribution in [0.5, 0.6) is 0 Å². The van der Waals surface area contributed by atoms with Crippen molar-refractivity contribution in [1.82, 2.24) is 9.71 Å². The molecule has 0 amide bonds. The number of ether oxygens (including phenoxy) is 1. The molecule has 19 heavy (non-hydrogen) atoms. The third kappa shape index (κ3) is 5.54. The lowest BCUT2D eigenvalue weighted by molar-refractivity contribution is 0.133. The molecule has 108 valence electrons. The maximum atomic E-state index is 12.0. The second kappa shape index (κ2) is 8.08. The van der Waals surface area contributed by atoms with Crippen LogP contribution >= 0.6 is 0 Å². The smallest absolute Gasteiger partial charge is 0.240 e. The van der Waals surface area contributed by atoms with Crippen LogP contribution in [0.2, 0.25) is 0 Å². The number of anilines is 1. The van der Waals surface area contributed by atoms with E-state index in [1.54, 1.807) is 7.05 Å². The summed E-state index contributed by atoms with van der Waals surface area (Å²) < 4.78 is 31.8. The van der Waals surface area contributed by atoms with Crippen LogP contribution in [0, 0.1) is 0 Å². The number of nitrogens with zero attached hydrogens (tertiary/aromatic N) is 1. The molecule has 0 radical (unpaired) electrons. The van der Waals surface area contributed by atoms with Crippen LogP contribution in [0.4, 0.5) is 5.82 Å². The Kier molecular flexibility index (Phi) is 6.75. The Bertz CT molecular complexity index is 477. The molecule has 7 heteroatoms. The third-order valence-electron chi connectivity index (χ3n) is 2.40. The molecule has 0 aromatic carbocycles. The summed E-state index contributed by atoms with van der Waals surface area (Å²) in [5, 5.41) is 2.81. The second-order valence-electron chi connectivity index (χ2n) is 3.99. The molecule has 0 spiro atoms. The van der Waals surface area contributed by atoms with E-state index in [0.29, 0.717) is 32.0 Å². The molecule has 0 unspecified atom stereocenters. The van der Waals surface area contributed by atoms with E-state index < -0.39 is 10.0 Å². The number of pyridine rings is 1. The number of hydrogen-bond donors (Lipinski definition) is 2. The van der Waals surface area contributed by atoms with Crippen molar-refractivity contribution in [3.63, 3.8) is 0 Å². The monoisotopic (exact) mass is 287 g/mol. The van der Waals surface area contributed by atoms with E-state index in [1.165, 1.54) is 18.3 Å². The van der Waals surface area contributed by atoms with Gasteiger partial charge in [-0.25, -0.2) is 18.1 Å². The summed E-state index contributed by atoms with van der Waals surface area (Å²) in [6.07, 6.45) is 3.09. The second-order valence-corrected chi connectivity index (χ2v) is 5.76. The maximum absolute atomic E-state index is 12.0. The first-order valence-corrected chi connectivity index (χ1v) is 7.79. The molecule has 1 aromatic heterocycles. The Labute approximate surface area is 114 Å². The van der Waals surface area contributed by atoms with E-state index in [0.717, 1.165) is 6.42 Å². The Balaban J connectivity index is 2.46. The van der Waals surface area contributed by atoms with Crippen molar-refractivity contribution in [2.24, 2.45) is 0 Å². The van der Waals surface area contributed by atoms with E-state index >= 15 is 0 Å². The van der Waals surface area contributed by atoms with Crippen molar-refractivity contribution in [2.45, 2.75) is 24.7 Å². The van der Waals surface area contributed by atoms with Gasteiger partial charge in [-0.05, 0) is 18.9 Å². The molecule has 2 N–H and O–H groups in total. The molecule has 0 aliphatic carbocycles. The number of sulfonamides is 1. The predicted molar refractivity (Wildman–Crippen MR) is 74.7 cm³/mol. The standard InChI is InChI=1S/C12H21N3O3S/c1-3-8-18-9-4-6-15-19(16,17)11-5-7-14-12(10-11)13-2/h5,7,10,15H,3-4,6,8-9H2,1-2H3,(H,13,14). The molecule has 0 saturated heterocycles. The lowest BCUT2D eigenvalue weighted by atomic mass is 10.4. The van der Waals surface area contributed by atoms with Crippen molar-refractivity contribution in [3.05, 3.63) is 18.3 Å². The highest BCUT2D eigenvalue weighted by molar-refractivity contribution is 7.89. The van der Waals surface area contributed by atoms with Gasteiger partial charge in [-0.1, -0.05) is 6.92 Å². The normalized spacial score (nSPS) is 11.5. The molecule has 0 atom stereocenters. The fraction of sp³-hybridized carbons (Fsp3) is 0.583. The van der Waals surface area contributed by atoms with Gasteiger partial charge in [0.05, 0.1) is 4.90 Å². The molecular weight excluding hydrogens is 266 g/mol. The Hall–Kier alpha value is -1.18. The van der Waals surface area contributed by atoms with Gasteiger partial charge < -0.3 is 10.1 Å². The van der Waals surface area contributed by atoms with Gasteiger partial charge in [0.15, 0.2) is 0 Å². The highest BCUT2D eigenvalue weighted by atomic mass is 32.2. The van der Waals surface area contributed by atoms with Gasteiger partial charge >= 0.3 is 0 Å². The topological polar surface area (TPSA) is 80.3 Å². The lowest BCUT2D eigenvalue weighted by Crippen LogP contribution is -2.25. The van der Waals surface area contributed by atoms with Gasteiger partial charge in [0, 0.05) is 39.1 Å². The summed E-state index contributed by atoms with van der Waals surface area (Å²) in [6, 6.07) is 2.96. The lowest BCUT2D eigenvalue weighted by Gasteiger charge is -2.08. The quantitative estimate of drug-likeness (QED) is 0.667. The minimum Gasteiger partial charge on any atom is -0.381 e. The molecule has 1 rings (SSSR count). The van der Waals surface area contributed by atoms with Crippen molar-refractivity contribution < 1.29 is 13.2 Å². The van der Waals surface area contributed by atoms with Crippen molar-refractivity contribution in [2.75, 3.05) is 32.1 Å². The van der Waals surface area contributed by atoms with Gasteiger partial charge in [-0.3, -0.25) is 0 Å². The van der Waals surface area contributed by atoms with E-state index in [1.807, 2.05) is 6.92 Å². The first kappa shape index (κ1) is 15.9. The Morgan fingerprint density at radius 1 is 1.37 bits per heavy atom.